The number of nitrogens with one attached hydrogen (secondary N) is 2. The number of aromatic nitrogens is 4. The Morgan fingerprint density at radius 1 is 1.39 bits per heavy atom. The molecule has 3 aromatic rings. The Balaban J connectivity index is 1.77. The number of nitrogen functional groups attached to an aromatic ring is 1. The van der Waals surface area contributed by atoms with Gasteiger partial charge in [-0.1, -0.05) is 0 Å². The maximum absolute atomic E-state index is 12.2. The predicted octanol–water partition coefficient (Wildman–Crippen LogP) is 2.71. The quantitative estimate of drug-likeness (QED) is 0.406. The Morgan fingerprint density at radius 3 is 2.89 bits per heavy atom. The summed E-state index contributed by atoms with van der Waals surface area (Å²) in [6.07, 6.45) is 1.37. The summed E-state index contributed by atoms with van der Waals surface area (Å²) in [5, 5.41) is 20.0. The largest absolute Gasteiger partial charge is 0.462 e. The lowest BCUT2D eigenvalue weighted by atomic mass is 10.1. The number of aryl methyl sites for hydroxylation is 3. The number of nitrogens with two attached hydrogens (primary N) is 1. The third-order valence-corrected chi connectivity index (χ3v) is 5.41. The van der Waals surface area contributed by atoms with Crippen LogP contribution in [0.2, 0.25) is 0 Å². The van der Waals surface area contributed by atoms with E-state index in [4.69, 9.17) is 15.7 Å². The molecule has 0 aromatic carbocycles. The lowest BCUT2D eigenvalue weighted by Crippen LogP contribution is -2.07. The maximum Gasteiger partial charge on any atom is 0.348 e. The molecule has 0 bridgehead atoms. The highest BCUT2D eigenvalue weighted by atomic mass is 32.1. The first kappa shape index (κ1) is 19.6. The van der Waals surface area contributed by atoms with Gasteiger partial charge in [0.1, 0.15) is 33.0 Å². The fraction of sp³-hybridized carbons (Fsp3) is 0.389. The average Bonchev–Trinajstić information content (AvgIpc) is 3.18. The fourth-order valence-electron chi connectivity index (χ4n) is 2.94. The summed E-state index contributed by atoms with van der Waals surface area (Å²) in [5.41, 5.74) is 7.59. The molecule has 0 saturated carbocycles. The minimum atomic E-state index is -0.340. The number of carbonyl (C=O) groups excluding carboxylic acids is 1. The van der Waals surface area contributed by atoms with Crippen molar-refractivity contribution >= 4 is 39.2 Å². The average molecular weight is 399 g/mol. The second-order valence-electron chi connectivity index (χ2n) is 6.18. The van der Waals surface area contributed by atoms with Crippen LogP contribution in [-0.2, 0) is 11.2 Å². The monoisotopic (exact) mass is 399 g/mol. The molecule has 146 valence electrons. The molecule has 3 rings (SSSR count). The van der Waals surface area contributed by atoms with Gasteiger partial charge < -0.3 is 15.8 Å². The molecule has 3 aromatic heterocycles. The van der Waals surface area contributed by atoms with E-state index in [0.717, 1.165) is 27.9 Å². The summed E-state index contributed by atoms with van der Waals surface area (Å²) in [5.74, 6) is 1.20. The Kier molecular flexibility index (Phi) is 5.75. The fourth-order valence-corrected chi connectivity index (χ4v) is 4.06. The van der Waals surface area contributed by atoms with E-state index in [-0.39, 0.29) is 11.8 Å². The molecule has 0 aliphatic rings. The molecule has 0 fully saturated rings. The van der Waals surface area contributed by atoms with E-state index in [0.29, 0.717) is 41.7 Å². The van der Waals surface area contributed by atoms with Crippen LogP contribution in [0.25, 0.3) is 10.2 Å². The maximum atomic E-state index is 12.2. The number of nitrogens with zero attached hydrogens (tertiary/aromatic N) is 4. The van der Waals surface area contributed by atoms with Gasteiger partial charge in [-0.15, -0.1) is 11.3 Å². The van der Waals surface area contributed by atoms with Gasteiger partial charge in [0.25, 0.3) is 0 Å². The standard InChI is InChI=1S/C18H21N7O2S/c1-4-27-18(26)14-9(2)13-16(22-10(3)23-17(13)28-14)21-7-5-6-12-11(8-19)15(20)25-24-12/h4-7H2,1-3H3,(H3,20,24,25)(H,21,22,23). The lowest BCUT2D eigenvalue weighted by molar-refractivity contribution is 0.0531. The van der Waals surface area contributed by atoms with Crippen LogP contribution in [0.15, 0.2) is 0 Å². The Labute approximate surface area is 165 Å². The van der Waals surface area contributed by atoms with Crippen molar-refractivity contribution in [3.63, 3.8) is 0 Å². The number of nitriles is 1. The second kappa shape index (κ2) is 8.22. The topological polar surface area (TPSA) is 143 Å². The van der Waals surface area contributed by atoms with Gasteiger partial charge in [0.2, 0.25) is 0 Å². The molecule has 0 aliphatic heterocycles. The van der Waals surface area contributed by atoms with Crippen LogP contribution in [0.4, 0.5) is 11.6 Å². The number of anilines is 2. The van der Waals surface area contributed by atoms with Crippen LogP contribution in [-0.4, -0.2) is 39.3 Å². The van der Waals surface area contributed by atoms with E-state index in [2.05, 4.69) is 31.6 Å². The zero-order valence-electron chi connectivity index (χ0n) is 15.9. The van der Waals surface area contributed by atoms with E-state index in [1.54, 1.807) is 6.92 Å². The van der Waals surface area contributed by atoms with Crippen molar-refractivity contribution in [3.05, 3.63) is 27.5 Å². The van der Waals surface area contributed by atoms with Crippen LogP contribution < -0.4 is 11.1 Å². The number of aromatic amines is 1. The molecular weight excluding hydrogens is 378 g/mol. The molecule has 9 nitrogen and oxygen atoms in total. The first-order valence-electron chi connectivity index (χ1n) is 8.87. The second-order valence-corrected chi connectivity index (χ2v) is 7.18. The van der Waals surface area contributed by atoms with Crippen LogP contribution in [0, 0.1) is 25.2 Å². The Morgan fingerprint density at radius 2 is 2.18 bits per heavy atom. The summed E-state index contributed by atoms with van der Waals surface area (Å²) in [6.45, 7) is 6.42. The number of thiophene rings is 1. The molecular formula is C18H21N7O2S. The third-order valence-electron chi connectivity index (χ3n) is 4.24. The first-order chi connectivity index (χ1) is 13.5. The Bertz CT molecular complexity index is 1060. The van der Waals surface area contributed by atoms with Crippen LogP contribution in [0.1, 0.15) is 45.7 Å². The number of esters is 1. The van der Waals surface area contributed by atoms with E-state index in [1.807, 2.05) is 13.8 Å². The van der Waals surface area contributed by atoms with Crippen molar-refractivity contribution in [3.8, 4) is 6.07 Å². The molecule has 0 unspecified atom stereocenters. The molecule has 4 N–H and O–H groups in total. The smallest absolute Gasteiger partial charge is 0.348 e. The van der Waals surface area contributed by atoms with E-state index in [1.165, 1.54) is 11.3 Å². The summed E-state index contributed by atoms with van der Waals surface area (Å²) >= 11 is 1.32. The van der Waals surface area contributed by atoms with Crippen molar-refractivity contribution in [1.82, 2.24) is 20.2 Å². The zero-order chi connectivity index (χ0) is 20.3. The summed E-state index contributed by atoms with van der Waals surface area (Å²) < 4.78 is 5.14. The van der Waals surface area contributed by atoms with Crippen LogP contribution in [0.5, 0.6) is 0 Å². The van der Waals surface area contributed by atoms with Gasteiger partial charge in [-0.05, 0) is 39.2 Å². The predicted molar refractivity (Wildman–Crippen MR) is 107 cm³/mol. The van der Waals surface area contributed by atoms with Crippen molar-refractivity contribution in [1.29, 1.82) is 5.26 Å². The van der Waals surface area contributed by atoms with E-state index < -0.39 is 0 Å². The minimum Gasteiger partial charge on any atom is -0.462 e. The van der Waals surface area contributed by atoms with Gasteiger partial charge in [0.15, 0.2) is 5.82 Å². The number of carbonyl (C=O) groups is 1. The summed E-state index contributed by atoms with van der Waals surface area (Å²) in [7, 11) is 0. The molecule has 0 saturated heterocycles. The van der Waals surface area contributed by atoms with Gasteiger partial charge in [-0.25, -0.2) is 14.8 Å². The number of rotatable bonds is 7. The van der Waals surface area contributed by atoms with Crippen molar-refractivity contribution in [2.45, 2.75) is 33.6 Å². The first-order valence-corrected chi connectivity index (χ1v) is 9.69. The van der Waals surface area contributed by atoms with Crippen molar-refractivity contribution < 1.29 is 9.53 Å². The molecule has 28 heavy (non-hydrogen) atoms. The lowest BCUT2D eigenvalue weighted by Gasteiger charge is -2.08. The SMILES string of the molecule is CCOC(=O)c1sc2nc(C)nc(NCCCc3[nH]nc(N)c3C#N)c2c1C. The van der Waals surface area contributed by atoms with Gasteiger partial charge >= 0.3 is 5.97 Å². The number of ether oxygens (including phenoxy) is 1. The number of hydrogen-bond acceptors (Lipinski definition) is 9. The van der Waals surface area contributed by atoms with Crippen LogP contribution in [0.3, 0.4) is 0 Å². The van der Waals surface area contributed by atoms with Gasteiger partial charge in [-0.2, -0.15) is 10.4 Å². The molecule has 0 spiro atoms. The van der Waals surface area contributed by atoms with E-state index in [9.17, 15) is 4.79 Å². The van der Waals surface area contributed by atoms with Gasteiger partial charge in [0.05, 0.1) is 17.7 Å². The van der Waals surface area contributed by atoms with Crippen molar-refractivity contribution in [2.24, 2.45) is 0 Å². The minimum absolute atomic E-state index is 0.221. The zero-order valence-corrected chi connectivity index (χ0v) is 16.7. The normalized spacial score (nSPS) is 10.8. The molecule has 0 radical (unpaired) electrons. The molecule has 3 heterocycles. The van der Waals surface area contributed by atoms with Gasteiger partial charge in [0, 0.05) is 6.54 Å². The highest BCUT2D eigenvalue weighted by Gasteiger charge is 2.20. The van der Waals surface area contributed by atoms with E-state index >= 15 is 0 Å². The van der Waals surface area contributed by atoms with Gasteiger partial charge in [-0.3, -0.25) is 5.10 Å². The molecule has 0 amide bonds. The molecule has 10 heteroatoms. The van der Waals surface area contributed by atoms with Crippen LogP contribution >= 0.6 is 11.3 Å². The van der Waals surface area contributed by atoms with Crippen molar-refractivity contribution in [2.75, 3.05) is 24.2 Å². The number of fused-ring (bicyclic) bond motifs is 1. The summed E-state index contributed by atoms with van der Waals surface area (Å²) in [6, 6.07) is 2.06. The highest BCUT2D eigenvalue weighted by molar-refractivity contribution is 7.20. The summed E-state index contributed by atoms with van der Waals surface area (Å²) in [4.78, 5) is 22.4. The number of H-pyrrole nitrogens is 1. The molecule has 0 aliphatic carbocycles. The Hall–Kier alpha value is -3.19. The highest BCUT2D eigenvalue weighted by Crippen LogP contribution is 2.34. The number of hydrogen-bond donors (Lipinski definition) is 3. The third kappa shape index (κ3) is 3.75. The molecule has 0 atom stereocenters.